The molecule has 0 saturated carbocycles. The van der Waals surface area contributed by atoms with Crippen molar-refractivity contribution in [2.75, 3.05) is 11.5 Å². The zero-order valence-corrected chi connectivity index (χ0v) is 8.81. The van der Waals surface area contributed by atoms with Crippen molar-refractivity contribution in [3.63, 3.8) is 0 Å². The lowest BCUT2D eigenvalue weighted by Gasteiger charge is -2.18. The van der Waals surface area contributed by atoms with Crippen LogP contribution in [0.3, 0.4) is 0 Å². The molecule has 1 atom stereocenters. The molecule has 6 nitrogen and oxygen atoms in total. The van der Waals surface area contributed by atoms with E-state index >= 15 is 0 Å². The fourth-order valence-electron chi connectivity index (χ4n) is 1.83. The van der Waals surface area contributed by atoms with Crippen molar-refractivity contribution in [2.45, 2.75) is 6.04 Å². The summed E-state index contributed by atoms with van der Waals surface area (Å²) < 4.78 is 9.73. The highest BCUT2D eigenvalue weighted by molar-refractivity contribution is 5.90. The van der Waals surface area contributed by atoms with Gasteiger partial charge >= 0.3 is 6.09 Å². The van der Waals surface area contributed by atoms with Crippen LogP contribution in [0.1, 0.15) is 11.7 Å². The second-order valence-electron chi connectivity index (χ2n) is 3.63. The molecule has 1 amide bonds. The van der Waals surface area contributed by atoms with E-state index in [0.29, 0.717) is 5.69 Å². The standard InChI is InChI=1S/C11H9N3O3/c15-11-14(8-4-2-1-3-5-8)10(7-16-11)9-6-17-13-12-9/h1-6,10H,7H2. The molecule has 1 aliphatic rings. The van der Waals surface area contributed by atoms with Gasteiger partial charge in [0.05, 0.1) is 0 Å². The summed E-state index contributed by atoms with van der Waals surface area (Å²) in [5.41, 5.74) is 1.35. The number of carbonyl (C=O) groups excluding carboxylic acids is 1. The van der Waals surface area contributed by atoms with Crippen LogP contribution in [0.15, 0.2) is 41.1 Å². The topological polar surface area (TPSA) is 68.5 Å². The van der Waals surface area contributed by atoms with Gasteiger partial charge in [-0.05, 0) is 12.1 Å². The van der Waals surface area contributed by atoms with E-state index in [-0.39, 0.29) is 18.7 Å². The Hall–Kier alpha value is -2.37. The highest BCUT2D eigenvalue weighted by Gasteiger charge is 2.37. The van der Waals surface area contributed by atoms with Gasteiger partial charge in [-0.1, -0.05) is 18.2 Å². The minimum absolute atomic E-state index is 0.252. The predicted molar refractivity (Wildman–Crippen MR) is 57.3 cm³/mol. The van der Waals surface area contributed by atoms with Crippen LogP contribution in [-0.2, 0) is 4.74 Å². The van der Waals surface area contributed by atoms with E-state index in [9.17, 15) is 4.79 Å². The Morgan fingerprint density at radius 3 is 2.82 bits per heavy atom. The van der Waals surface area contributed by atoms with Crippen molar-refractivity contribution in [2.24, 2.45) is 0 Å². The van der Waals surface area contributed by atoms with Crippen LogP contribution in [0.4, 0.5) is 10.5 Å². The summed E-state index contributed by atoms with van der Waals surface area (Å²) >= 11 is 0. The third-order valence-electron chi connectivity index (χ3n) is 2.63. The van der Waals surface area contributed by atoms with Gasteiger partial charge in [-0.15, -0.1) is 5.10 Å². The number of carbonyl (C=O) groups is 1. The summed E-state index contributed by atoms with van der Waals surface area (Å²) in [5, 5.41) is 7.22. The fourth-order valence-corrected chi connectivity index (χ4v) is 1.83. The third kappa shape index (κ3) is 1.63. The summed E-state index contributed by atoms with van der Waals surface area (Å²) in [4.78, 5) is 13.2. The first-order valence-corrected chi connectivity index (χ1v) is 5.14. The fraction of sp³-hybridized carbons (Fsp3) is 0.182. The SMILES string of the molecule is O=C1OCC(c2conn2)N1c1ccccc1. The molecular weight excluding hydrogens is 222 g/mol. The van der Waals surface area contributed by atoms with Crippen LogP contribution in [-0.4, -0.2) is 23.1 Å². The van der Waals surface area contributed by atoms with Crippen LogP contribution in [0.5, 0.6) is 0 Å². The molecule has 6 heteroatoms. The van der Waals surface area contributed by atoms with Crippen molar-refractivity contribution in [1.29, 1.82) is 0 Å². The monoisotopic (exact) mass is 231 g/mol. The number of ether oxygens (including phenoxy) is 1. The lowest BCUT2D eigenvalue weighted by atomic mass is 10.2. The molecule has 1 saturated heterocycles. The normalized spacial score (nSPS) is 19.4. The largest absolute Gasteiger partial charge is 0.446 e. The number of aromatic nitrogens is 2. The van der Waals surface area contributed by atoms with E-state index in [0.717, 1.165) is 5.69 Å². The highest BCUT2D eigenvalue weighted by atomic mass is 16.6. The smallest absolute Gasteiger partial charge is 0.415 e. The minimum Gasteiger partial charge on any atom is -0.446 e. The number of cyclic esters (lactones) is 1. The van der Waals surface area contributed by atoms with Gasteiger partial charge in [0.2, 0.25) is 0 Å². The maximum atomic E-state index is 11.7. The quantitative estimate of drug-likeness (QED) is 0.787. The van der Waals surface area contributed by atoms with Crippen LogP contribution < -0.4 is 4.90 Å². The molecule has 0 bridgehead atoms. The van der Waals surface area contributed by atoms with Crippen LogP contribution in [0, 0.1) is 0 Å². The number of para-hydroxylation sites is 1. The molecule has 17 heavy (non-hydrogen) atoms. The third-order valence-corrected chi connectivity index (χ3v) is 2.63. The van der Waals surface area contributed by atoms with Crippen molar-refractivity contribution in [1.82, 2.24) is 10.4 Å². The first-order chi connectivity index (χ1) is 8.36. The molecule has 1 unspecified atom stereocenters. The Balaban J connectivity index is 1.98. The van der Waals surface area contributed by atoms with E-state index in [2.05, 4.69) is 10.4 Å². The number of hydrogen-bond donors (Lipinski definition) is 0. The number of rotatable bonds is 2. The molecular formula is C11H9N3O3. The second kappa shape index (κ2) is 3.89. The minimum atomic E-state index is -0.385. The van der Waals surface area contributed by atoms with Gasteiger partial charge in [-0.25, -0.2) is 4.79 Å². The number of hydrogen-bond acceptors (Lipinski definition) is 5. The average Bonchev–Trinajstić information content (AvgIpc) is 2.98. The van der Waals surface area contributed by atoms with Gasteiger partial charge in [-0.2, -0.15) is 0 Å². The number of anilines is 1. The number of nitrogens with zero attached hydrogens (tertiary/aromatic N) is 3. The van der Waals surface area contributed by atoms with Crippen molar-refractivity contribution >= 4 is 11.8 Å². The molecule has 3 rings (SSSR count). The molecule has 1 fully saturated rings. The lowest BCUT2D eigenvalue weighted by Crippen LogP contribution is -2.27. The van der Waals surface area contributed by atoms with E-state index in [1.54, 1.807) is 4.90 Å². The highest BCUT2D eigenvalue weighted by Crippen LogP contribution is 2.31. The van der Waals surface area contributed by atoms with Crippen molar-refractivity contribution in [3.05, 3.63) is 42.3 Å². The molecule has 0 radical (unpaired) electrons. The first kappa shape index (κ1) is 9.83. The zero-order chi connectivity index (χ0) is 11.7. The average molecular weight is 231 g/mol. The van der Waals surface area contributed by atoms with Crippen molar-refractivity contribution < 1.29 is 14.1 Å². The van der Waals surface area contributed by atoms with E-state index < -0.39 is 0 Å². The van der Waals surface area contributed by atoms with E-state index in [4.69, 9.17) is 9.26 Å². The Morgan fingerprint density at radius 2 is 2.12 bits per heavy atom. The van der Waals surface area contributed by atoms with Gasteiger partial charge in [0.25, 0.3) is 0 Å². The summed E-state index contributed by atoms with van der Waals surface area (Å²) in [7, 11) is 0. The Kier molecular flexibility index (Phi) is 2.25. The summed E-state index contributed by atoms with van der Waals surface area (Å²) in [6.45, 7) is 0.252. The van der Waals surface area contributed by atoms with Gasteiger partial charge in [-0.3, -0.25) is 4.90 Å². The first-order valence-electron chi connectivity index (χ1n) is 5.14. The van der Waals surface area contributed by atoms with Crippen LogP contribution in [0.25, 0.3) is 0 Å². The molecule has 0 aliphatic carbocycles. The predicted octanol–water partition coefficient (Wildman–Crippen LogP) is 1.77. The van der Waals surface area contributed by atoms with Crippen LogP contribution in [0.2, 0.25) is 0 Å². The molecule has 2 aromatic rings. The summed E-state index contributed by atoms with van der Waals surface area (Å²) in [5.74, 6) is 0. The second-order valence-corrected chi connectivity index (χ2v) is 3.63. The molecule has 2 heterocycles. The Bertz CT molecular complexity index is 512. The molecule has 0 spiro atoms. The van der Waals surface area contributed by atoms with Crippen molar-refractivity contribution in [3.8, 4) is 0 Å². The van der Waals surface area contributed by atoms with Gasteiger partial charge < -0.3 is 9.26 Å². The molecule has 0 N–H and O–H groups in total. The number of benzene rings is 1. The number of amides is 1. The Morgan fingerprint density at radius 1 is 1.29 bits per heavy atom. The van der Waals surface area contributed by atoms with Gasteiger partial charge in [0, 0.05) is 11.0 Å². The Labute approximate surface area is 96.8 Å². The molecule has 1 aromatic carbocycles. The lowest BCUT2D eigenvalue weighted by molar-refractivity contribution is 0.178. The van der Waals surface area contributed by atoms with E-state index in [1.807, 2.05) is 30.3 Å². The summed E-state index contributed by atoms with van der Waals surface area (Å²) in [6.07, 6.45) is 1.03. The maximum absolute atomic E-state index is 11.7. The zero-order valence-electron chi connectivity index (χ0n) is 8.81. The maximum Gasteiger partial charge on any atom is 0.415 e. The van der Waals surface area contributed by atoms with Crippen LogP contribution >= 0.6 is 0 Å². The van der Waals surface area contributed by atoms with Gasteiger partial charge in [0.15, 0.2) is 0 Å². The molecule has 1 aromatic heterocycles. The van der Waals surface area contributed by atoms with E-state index in [1.165, 1.54) is 6.26 Å². The molecule has 86 valence electrons. The summed E-state index contributed by atoms with van der Waals surface area (Å²) in [6, 6.07) is 9.01. The molecule has 1 aliphatic heterocycles. The van der Waals surface area contributed by atoms with Gasteiger partial charge in [0.1, 0.15) is 24.6 Å².